The van der Waals surface area contributed by atoms with Crippen LogP contribution >= 0.6 is 11.6 Å². The summed E-state index contributed by atoms with van der Waals surface area (Å²) in [6.45, 7) is 0.379. The van der Waals surface area contributed by atoms with Gasteiger partial charge in [0.2, 0.25) is 5.89 Å². The summed E-state index contributed by atoms with van der Waals surface area (Å²) >= 11 is 6.86. The summed E-state index contributed by atoms with van der Waals surface area (Å²) in [5.41, 5.74) is 5.26. The third-order valence-corrected chi connectivity index (χ3v) is 8.99. The van der Waals surface area contributed by atoms with E-state index in [-0.39, 0.29) is 36.1 Å². The fourth-order valence-electron chi connectivity index (χ4n) is 6.11. The summed E-state index contributed by atoms with van der Waals surface area (Å²) in [4.78, 5) is 35.4. The molecule has 4 N–H and O–H groups in total. The number of pyridine rings is 1. The summed E-state index contributed by atoms with van der Waals surface area (Å²) in [5, 5.41) is 24.7. The number of aliphatic hydroxyl groups excluding tert-OH is 1. The number of oxazole rings is 1. The molecule has 1 fully saturated rings. The maximum Gasteiger partial charge on any atom is 0.387 e. The number of aromatic nitrogens is 2. The van der Waals surface area contributed by atoms with Crippen LogP contribution in [0.3, 0.4) is 0 Å². The minimum atomic E-state index is -3.09. The van der Waals surface area contributed by atoms with Crippen molar-refractivity contribution in [1.82, 2.24) is 20.2 Å². The van der Waals surface area contributed by atoms with Gasteiger partial charge in [0.25, 0.3) is 5.91 Å². The molecule has 0 radical (unpaired) electrons. The molecule has 0 saturated carbocycles. The topological polar surface area (TPSA) is 150 Å². The van der Waals surface area contributed by atoms with E-state index in [1.54, 1.807) is 41.4 Å². The summed E-state index contributed by atoms with van der Waals surface area (Å²) in [7, 11) is 0. The molecule has 50 heavy (non-hydrogen) atoms. The Kier molecular flexibility index (Phi) is 10.7. The van der Waals surface area contributed by atoms with Gasteiger partial charge in [-0.3, -0.25) is 19.5 Å². The van der Waals surface area contributed by atoms with Crippen molar-refractivity contribution >= 4 is 40.3 Å². The number of alkyl halides is 2. The van der Waals surface area contributed by atoms with Gasteiger partial charge in [0.05, 0.1) is 17.3 Å². The molecule has 6 rings (SSSR count). The molecule has 0 spiro atoms. The number of nitrogens with one attached hydrogen (secondary N) is 2. The average Bonchev–Trinajstić information content (AvgIpc) is 3.73. The molecule has 14 heteroatoms. The van der Waals surface area contributed by atoms with E-state index >= 15 is 0 Å². The Labute approximate surface area is 290 Å². The summed E-state index contributed by atoms with van der Waals surface area (Å²) in [6.07, 6.45) is 2.75. The number of aliphatic carboxylic acids is 1. The zero-order valence-electron chi connectivity index (χ0n) is 27.0. The van der Waals surface area contributed by atoms with Gasteiger partial charge in [-0.15, -0.1) is 0 Å². The number of nitrogens with zero attached hydrogens (tertiary/aromatic N) is 3. The lowest BCUT2D eigenvalue weighted by atomic mass is 9.96. The number of carbonyl (C=O) groups excluding carboxylic acids is 1. The van der Waals surface area contributed by atoms with Gasteiger partial charge >= 0.3 is 12.6 Å². The number of halogens is 3. The van der Waals surface area contributed by atoms with Crippen LogP contribution in [0.4, 0.5) is 14.5 Å². The maximum atomic E-state index is 13.4. The van der Waals surface area contributed by atoms with Gasteiger partial charge < -0.3 is 30.0 Å². The number of anilines is 1. The third-order valence-electron chi connectivity index (χ3n) is 8.59. The van der Waals surface area contributed by atoms with Crippen molar-refractivity contribution in [2.75, 3.05) is 25.0 Å². The van der Waals surface area contributed by atoms with E-state index in [4.69, 9.17) is 25.9 Å². The van der Waals surface area contributed by atoms with Crippen LogP contribution in [0.15, 0.2) is 71.3 Å². The van der Waals surface area contributed by atoms with Crippen LogP contribution < -0.4 is 15.4 Å². The highest BCUT2D eigenvalue weighted by Crippen LogP contribution is 2.40. The van der Waals surface area contributed by atoms with Gasteiger partial charge in [-0.1, -0.05) is 41.9 Å². The lowest BCUT2D eigenvalue weighted by Gasteiger charge is -2.22. The van der Waals surface area contributed by atoms with E-state index < -0.39 is 24.5 Å². The number of benzene rings is 3. The highest BCUT2D eigenvalue weighted by Gasteiger charge is 2.31. The van der Waals surface area contributed by atoms with E-state index in [0.717, 1.165) is 16.7 Å². The Morgan fingerprint density at radius 1 is 1.12 bits per heavy atom. The standard InChI is InChI=1S/C36H34ClF2N5O6/c1-20-23(25-7-3-8-26(32(25)37)42-33(46)27-11-10-21(18-41-27)17-40-12-14-45)5-2-6-24(20)34-43-28-15-22(19-44-13-4-9-29(44)35(47)48)30(50-36(38)39)16-31(28)49-34/h2-3,5-8,10-11,15-16,18,29,36,40,45H,4,9,12-14,17,19H2,1H3,(H,42,46)(H,47,48). The molecule has 0 bridgehead atoms. The highest BCUT2D eigenvalue weighted by atomic mass is 35.5. The molecule has 2 aromatic heterocycles. The van der Waals surface area contributed by atoms with Gasteiger partial charge in [-0.2, -0.15) is 8.78 Å². The van der Waals surface area contributed by atoms with E-state index in [2.05, 4.69) is 20.6 Å². The molecule has 5 aromatic rings. The van der Waals surface area contributed by atoms with Crippen molar-refractivity contribution in [3.8, 4) is 28.3 Å². The lowest BCUT2D eigenvalue weighted by molar-refractivity contribution is -0.142. The highest BCUT2D eigenvalue weighted by molar-refractivity contribution is 6.36. The number of hydrogen-bond donors (Lipinski definition) is 4. The van der Waals surface area contributed by atoms with E-state index in [9.17, 15) is 23.5 Å². The minimum absolute atomic E-state index is 0.0233. The quantitative estimate of drug-likeness (QED) is 0.1000. The second kappa shape index (κ2) is 15.3. The monoisotopic (exact) mass is 705 g/mol. The molecule has 1 unspecified atom stereocenters. The number of ether oxygens (including phenoxy) is 1. The van der Waals surface area contributed by atoms with E-state index in [0.29, 0.717) is 65.4 Å². The van der Waals surface area contributed by atoms with Crippen LogP contribution in [-0.4, -0.2) is 69.3 Å². The SMILES string of the molecule is Cc1c(-c2nc3cc(CN4CCCC4C(=O)O)c(OC(F)F)cc3o2)cccc1-c1cccc(NC(=O)c2ccc(CNCCO)cn2)c1Cl. The second-order valence-electron chi connectivity index (χ2n) is 11.8. The number of carboxylic acids is 1. The molecule has 3 heterocycles. The summed E-state index contributed by atoms with van der Waals surface area (Å²) in [5.74, 6) is -1.26. The molecule has 260 valence electrons. The van der Waals surface area contributed by atoms with Gasteiger partial charge in [-0.25, -0.2) is 4.98 Å². The Morgan fingerprint density at radius 2 is 1.90 bits per heavy atom. The van der Waals surface area contributed by atoms with Crippen molar-refractivity contribution in [1.29, 1.82) is 0 Å². The number of fused-ring (bicyclic) bond motifs is 1. The minimum Gasteiger partial charge on any atom is -0.480 e. The number of carbonyl (C=O) groups is 2. The molecule has 0 aliphatic carbocycles. The first-order chi connectivity index (χ1) is 24.1. The first-order valence-corrected chi connectivity index (χ1v) is 16.3. The number of carboxylic acid groups (broad SMARTS) is 1. The maximum absolute atomic E-state index is 13.4. The van der Waals surface area contributed by atoms with Crippen LogP contribution in [0.25, 0.3) is 33.7 Å². The van der Waals surface area contributed by atoms with Crippen LogP contribution in [0.5, 0.6) is 5.75 Å². The third kappa shape index (κ3) is 7.60. The van der Waals surface area contributed by atoms with Gasteiger partial charge in [-0.05, 0) is 67.3 Å². The zero-order chi connectivity index (χ0) is 35.4. The zero-order valence-corrected chi connectivity index (χ0v) is 27.7. The Bertz CT molecular complexity index is 2020. The van der Waals surface area contributed by atoms with Crippen LogP contribution in [0.2, 0.25) is 5.02 Å². The molecule has 1 atom stereocenters. The van der Waals surface area contributed by atoms with Crippen LogP contribution in [0, 0.1) is 6.92 Å². The van der Waals surface area contributed by atoms with Crippen LogP contribution in [0.1, 0.15) is 40.0 Å². The van der Waals surface area contributed by atoms with Crippen molar-refractivity contribution in [2.24, 2.45) is 0 Å². The molecule has 1 saturated heterocycles. The first kappa shape index (κ1) is 34.9. The number of hydrogen-bond acceptors (Lipinski definition) is 9. The summed E-state index contributed by atoms with van der Waals surface area (Å²) in [6, 6.07) is 16.4. The lowest BCUT2D eigenvalue weighted by Crippen LogP contribution is -2.35. The normalized spacial score (nSPS) is 14.8. The molecular weight excluding hydrogens is 672 g/mol. The second-order valence-corrected chi connectivity index (χ2v) is 12.2. The van der Waals surface area contributed by atoms with Gasteiger partial charge in [0, 0.05) is 48.6 Å². The van der Waals surface area contributed by atoms with E-state index in [1.807, 2.05) is 31.2 Å². The predicted octanol–water partition coefficient (Wildman–Crippen LogP) is 6.50. The first-order valence-electron chi connectivity index (χ1n) is 15.9. The molecule has 1 aliphatic rings. The predicted molar refractivity (Wildman–Crippen MR) is 183 cm³/mol. The van der Waals surface area contributed by atoms with Gasteiger partial charge in [0.1, 0.15) is 23.0 Å². The molecule has 1 aliphatic heterocycles. The van der Waals surface area contributed by atoms with E-state index in [1.165, 1.54) is 6.07 Å². The van der Waals surface area contributed by atoms with Crippen molar-refractivity contribution in [2.45, 2.75) is 45.5 Å². The Hall–Kier alpha value is -4.95. The van der Waals surface area contributed by atoms with Crippen molar-refractivity contribution in [3.63, 3.8) is 0 Å². The number of amides is 1. The number of rotatable bonds is 13. The smallest absolute Gasteiger partial charge is 0.387 e. The summed E-state index contributed by atoms with van der Waals surface area (Å²) < 4.78 is 37.7. The molecular formula is C36H34ClF2N5O6. The average molecular weight is 706 g/mol. The Balaban J connectivity index is 1.27. The number of likely N-dealkylation sites (tertiary alicyclic amines) is 1. The largest absolute Gasteiger partial charge is 0.480 e. The Morgan fingerprint density at radius 3 is 2.64 bits per heavy atom. The van der Waals surface area contributed by atoms with Crippen LogP contribution in [-0.2, 0) is 17.9 Å². The molecule has 11 nitrogen and oxygen atoms in total. The fraction of sp³-hybridized carbons (Fsp3) is 0.278. The number of aliphatic hydroxyl groups is 1. The molecule has 3 aromatic carbocycles. The van der Waals surface area contributed by atoms with Crippen molar-refractivity contribution in [3.05, 3.63) is 94.3 Å². The van der Waals surface area contributed by atoms with Gasteiger partial charge in [0.15, 0.2) is 5.58 Å². The molecule has 1 amide bonds. The fourth-order valence-corrected chi connectivity index (χ4v) is 6.39. The van der Waals surface area contributed by atoms with Crippen molar-refractivity contribution < 1.29 is 37.7 Å².